The first kappa shape index (κ1) is 26.7. The molecule has 0 amide bonds. The molecule has 0 unspecified atom stereocenters. The van der Waals surface area contributed by atoms with Crippen LogP contribution in [0.4, 0.5) is 0 Å². The molecule has 0 atom stereocenters. The van der Waals surface area contributed by atoms with Crippen LogP contribution in [0.25, 0.3) is 33.2 Å². The van der Waals surface area contributed by atoms with Crippen molar-refractivity contribution in [3.05, 3.63) is 144 Å². The number of ether oxygens (including phenoxy) is 1. The molecule has 2 aliphatic heterocycles. The molecule has 1 saturated heterocycles. The lowest BCUT2D eigenvalue weighted by molar-refractivity contribution is 0.00578. The van der Waals surface area contributed by atoms with Gasteiger partial charge in [-0.05, 0) is 96.9 Å². The van der Waals surface area contributed by atoms with E-state index in [0.717, 1.165) is 44.6 Å². The molecule has 3 heterocycles. The first-order valence-electron chi connectivity index (χ1n) is 15.6. The summed E-state index contributed by atoms with van der Waals surface area (Å²) in [4.78, 5) is 4.63. The van der Waals surface area contributed by atoms with E-state index in [9.17, 15) is 0 Å². The SMILES string of the molecule is CC1(C)OB(c2ccc3c(c2)-c2cc(-c4cccc5ncccc45)ccc2C32c3ccccc3Oc3ccccc32)OC1(C)C. The van der Waals surface area contributed by atoms with Gasteiger partial charge in [-0.25, -0.2) is 0 Å². The average Bonchev–Trinajstić information content (AvgIpc) is 3.46. The molecule has 1 fully saturated rings. The Labute approximate surface area is 263 Å². The molecule has 1 aliphatic carbocycles. The maximum atomic E-state index is 6.54. The molecular formula is C40H32BNO3. The summed E-state index contributed by atoms with van der Waals surface area (Å²) >= 11 is 0. The van der Waals surface area contributed by atoms with E-state index in [1.807, 2.05) is 12.3 Å². The third-order valence-corrected chi connectivity index (χ3v) is 10.4. The predicted octanol–water partition coefficient (Wildman–Crippen LogP) is 8.67. The second-order valence-electron chi connectivity index (χ2n) is 13.4. The second kappa shape index (κ2) is 9.16. The summed E-state index contributed by atoms with van der Waals surface area (Å²) in [5, 5.41) is 1.14. The van der Waals surface area contributed by atoms with Gasteiger partial charge in [-0.1, -0.05) is 84.9 Å². The van der Waals surface area contributed by atoms with Crippen LogP contribution >= 0.6 is 0 Å². The van der Waals surface area contributed by atoms with Crippen LogP contribution in [0.15, 0.2) is 121 Å². The van der Waals surface area contributed by atoms with Crippen LogP contribution in [-0.4, -0.2) is 23.3 Å². The molecule has 5 heteroatoms. The van der Waals surface area contributed by atoms with Gasteiger partial charge in [0.1, 0.15) is 11.5 Å². The van der Waals surface area contributed by atoms with E-state index in [0.29, 0.717) is 0 Å². The quantitative estimate of drug-likeness (QED) is 0.190. The Balaban J connectivity index is 1.34. The van der Waals surface area contributed by atoms with Gasteiger partial charge in [0.25, 0.3) is 0 Å². The monoisotopic (exact) mass is 585 g/mol. The summed E-state index contributed by atoms with van der Waals surface area (Å²) in [6.45, 7) is 8.41. The lowest BCUT2D eigenvalue weighted by Gasteiger charge is -2.39. The highest BCUT2D eigenvalue weighted by molar-refractivity contribution is 6.62. The van der Waals surface area contributed by atoms with Gasteiger partial charge in [0.15, 0.2) is 0 Å². The zero-order valence-corrected chi connectivity index (χ0v) is 25.8. The number of pyridine rings is 1. The molecule has 4 nitrogen and oxygen atoms in total. The predicted molar refractivity (Wildman–Crippen MR) is 180 cm³/mol. The summed E-state index contributed by atoms with van der Waals surface area (Å²) < 4.78 is 19.6. The summed E-state index contributed by atoms with van der Waals surface area (Å²) in [5.74, 6) is 1.77. The van der Waals surface area contributed by atoms with Crippen molar-refractivity contribution in [1.29, 1.82) is 0 Å². The van der Waals surface area contributed by atoms with Gasteiger partial charge in [-0.3, -0.25) is 4.98 Å². The van der Waals surface area contributed by atoms with Gasteiger partial charge in [0.05, 0.1) is 22.1 Å². The van der Waals surface area contributed by atoms with Crippen LogP contribution in [0, 0.1) is 0 Å². The largest absolute Gasteiger partial charge is 0.494 e. The number of fused-ring (bicyclic) bond motifs is 10. The molecule has 1 spiro atoms. The molecule has 0 saturated carbocycles. The number of benzene rings is 5. The smallest absolute Gasteiger partial charge is 0.457 e. The minimum Gasteiger partial charge on any atom is -0.457 e. The van der Waals surface area contributed by atoms with Crippen LogP contribution in [0.2, 0.25) is 0 Å². The van der Waals surface area contributed by atoms with Gasteiger partial charge in [0.2, 0.25) is 0 Å². The summed E-state index contributed by atoms with van der Waals surface area (Å²) in [7, 11) is -0.457. The van der Waals surface area contributed by atoms with Crippen molar-refractivity contribution in [1.82, 2.24) is 4.98 Å². The molecule has 218 valence electrons. The third kappa shape index (κ3) is 3.60. The molecule has 0 N–H and O–H groups in total. The van der Waals surface area contributed by atoms with Gasteiger partial charge in [0, 0.05) is 22.7 Å². The number of rotatable bonds is 2. The van der Waals surface area contributed by atoms with E-state index in [-0.39, 0.29) is 0 Å². The fourth-order valence-electron chi connectivity index (χ4n) is 7.57. The van der Waals surface area contributed by atoms with Crippen molar-refractivity contribution in [2.45, 2.75) is 44.3 Å². The van der Waals surface area contributed by atoms with E-state index in [2.05, 4.69) is 142 Å². The fraction of sp³-hybridized carbons (Fsp3) is 0.175. The molecule has 45 heavy (non-hydrogen) atoms. The van der Waals surface area contributed by atoms with Crippen molar-refractivity contribution >= 4 is 23.5 Å². The summed E-state index contributed by atoms with van der Waals surface area (Å²) in [6, 6.07) is 41.2. The van der Waals surface area contributed by atoms with Crippen molar-refractivity contribution < 1.29 is 14.0 Å². The van der Waals surface area contributed by atoms with Crippen LogP contribution in [0.1, 0.15) is 49.9 Å². The second-order valence-corrected chi connectivity index (χ2v) is 13.4. The van der Waals surface area contributed by atoms with E-state index in [4.69, 9.17) is 14.0 Å². The fourth-order valence-corrected chi connectivity index (χ4v) is 7.57. The normalized spacial score (nSPS) is 17.8. The highest BCUT2D eigenvalue weighted by Crippen LogP contribution is 2.62. The van der Waals surface area contributed by atoms with Crippen LogP contribution in [0.5, 0.6) is 11.5 Å². The van der Waals surface area contributed by atoms with Crippen molar-refractivity contribution in [3.63, 3.8) is 0 Å². The molecule has 0 radical (unpaired) electrons. The van der Waals surface area contributed by atoms with Crippen molar-refractivity contribution in [3.8, 4) is 33.8 Å². The maximum absolute atomic E-state index is 6.54. The minimum atomic E-state index is -0.538. The molecular weight excluding hydrogens is 553 g/mol. The van der Waals surface area contributed by atoms with E-state index in [1.54, 1.807) is 0 Å². The van der Waals surface area contributed by atoms with Gasteiger partial charge < -0.3 is 14.0 Å². The topological polar surface area (TPSA) is 40.6 Å². The average molecular weight is 586 g/mol. The number of hydrogen-bond donors (Lipinski definition) is 0. The Kier molecular flexibility index (Phi) is 5.43. The standard InChI is InChI=1S/C40H32BNO3/c1-38(2)39(3,4)45-41(44-38)26-19-21-32-30(24-26)29-23-25(27-11-9-15-35-28(27)12-10-22-42-35)18-20-31(29)40(32)33-13-5-7-16-36(33)43-37-17-8-6-14-34(37)40/h5-24H,1-4H3. The van der Waals surface area contributed by atoms with E-state index < -0.39 is 23.7 Å². The molecule has 9 rings (SSSR count). The van der Waals surface area contributed by atoms with Crippen molar-refractivity contribution in [2.75, 3.05) is 0 Å². The Morgan fingerprint density at radius 3 is 1.91 bits per heavy atom. The highest BCUT2D eigenvalue weighted by Gasteiger charge is 2.54. The van der Waals surface area contributed by atoms with E-state index >= 15 is 0 Å². The van der Waals surface area contributed by atoms with Crippen LogP contribution in [-0.2, 0) is 14.7 Å². The number of nitrogens with zero attached hydrogens (tertiary/aromatic N) is 1. The third-order valence-electron chi connectivity index (χ3n) is 10.4. The van der Waals surface area contributed by atoms with Crippen LogP contribution in [0.3, 0.4) is 0 Å². The Hall–Kier alpha value is -4.71. The van der Waals surface area contributed by atoms with Crippen LogP contribution < -0.4 is 10.2 Å². The Morgan fingerprint density at radius 1 is 0.556 bits per heavy atom. The lowest BCUT2D eigenvalue weighted by Crippen LogP contribution is -2.41. The lowest BCUT2D eigenvalue weighted by atomic mass is 9.65. The zero-order valence-electron chi connectivity index (χ0n) is 25.8. The Bertz CT molecular complexity index is 2120. The number of hydrogen-bond acceptors (Lipinski definition) is 4. The number of aromatic nitrogens is 1. The molecule has 5 aromatic carbocycles. The highest BCUT2D eigenvalue weighted by atomic mass is 16.7. The van der Waals surface area contributed by atoms with Gasteiger partial charge >= 0.3 is 7.12 Å². The zero-order chi connectivity index (χ0) is 30.6. The number of para-hydroxylation sites is 2. The first-order valence-corrected chi connectivity index (χ1v) is 15.6. The molecule has 0 bridgehead atoms. The maximum Gasteiger partial charge on any atom is 0.494 e. The van der Waals surface area contributed by atoms with E-state index in [1.165, 1.54) is 27.8 Å². The van der Waals surface area contributed by atoms with Gasteiger partial charge in [-0.15, -0.1) is 0 Å². The molecule has 6 aromatic rings. The summed E-state index contributed by atoms with van der Waals surface area (Å²) in [5.41, 5.74) is 10.1. The first-order chi connectivity index (χ1) is 21.8. The Morgan fingerprint density at radius 2 is 1.20 bits per heavy atom. The summed E-state index contributed by atoms with van der Waals surface area (Å²) in [6.07, 6.45) is 1.85. The van der Waals surface area contributed by atoms with Crippen molar-refractivity contribution in [2.24, 2.45) is 0 Å². The minimum absolute atomic E-state index is 0.427. The molecule has 1 aromatic heterocycles. The molecule has 3 aliphatic rings. The van der Waals surface area contributed by atoms with Gasteiger partial charge in [-0.2, -0.15) is 0 Å².